The van der Waals surface area contributed by atoms with Crippen molar-refractivity contribution in [3.8, 4) is 5.75 Å². The molecule has 0 atom stereocenters. The number of hydrogen-bond acceptors (Lipinski definition) is 2. The van der Waals surface area contributed by atoms with Gasteiger partial charge in [0.25, 0.3) is 0 Å². The molecule has 3 nitrogen and oxygen atoms in total. The Kier molecular flexibility index (Phi) is 4.80. The van der Waals surface area contributed by atoms with E-state index in [4.69, 9.17) is 4.74 Å². The fraction of sp³-hybridized carbons (Fsp3) is 0.190. The van der Waals surface area contributed by atoms with Crippen LogP contribution in [0.5, 0.6) is 5.75 Å². The number of carbonyl (C=O) groups excluding carboxylic acids is 1. The lowest BCUT2D eigenvalue weighted by Crippen LogP contribution is -2.14. The van der Waals surface area contributed by atoms with Crippen LogP contribution in [0.25, 0.3) is 10.8 Å². The maximum Gasteiger partial charge on any atom is 0.228 e. The van der Waals surface area contributed by atoms with Crippen LogP contribution in [0.15, 0.2) is 60.7 Å². The standard InChI is InChI=1S/C21H21NO2/c1-3-15-8-10-16(11-9-15)14-21(23)22-19-12-13-20(24-2)18-7-5-4-6-17(18)19/h4-13H,3,14H2,1-2H3,(H,22,23). The largest absolute Gasteiger partial charge is 0.496 e. The topological polar surface area (TPSA) is 38.3 Å². The van der Waals surface area contributed by atoms with E-state index < -0.39 is 0 Å². The molecule has 24 heavy (non-hydrogen) atoms. The Balaban J connectivity index is 1.80. The van der Waals surface area contributed by atoms with Gasteiger partial charge in [0.15, 0.2) is 0 Å². The molecule has 3 rings (SSSR count). The van der Waals surface area contributed by atoms with Gasteiger partial charge in [0, 0.05) is 16.5 Å². The van der Waals surface area contributed by atoms with Crippen molar-refractivity contribution in [1.82, 2.24) is 0 Å². The van der Waals surface area contributed by atoms with E-state index in [-0.39, 0.29) is 5.91 Å². The lowest BCUT2D eigenvalue weighted by molar-refractivity contribution is -0.115. The maximum atomic E-state index is 12.4. The molecule has 0 unspecified atom stereocenters. The molecular weight excluding hydrogens is 298 g/mol. The van der Waals surface area contributed by atoms with Crippen LogP contribution in [0.1, 0.15) is 18.1 Å². The number of ether oxygens (including phenoxy) is 1. The Hall–Kier alpha value is -2.81. The number of benzene rings is 3. The van der Waals surface area contributed by atoms with Crippen LogP contribution in [-0.4, -0.2) is 13.0 Å². The number of rotatable bonds is 5. The summed E-state index contributed by atoms with van der Waals surface area (Å²) in [4.78, 5) is 12.4. The summed E-state index contributed by atoms with van der Waals surface area (Å²) in [6.45, 7) is 2.12. The minimum Gasteiger partial charge on any atom is -0.496 e. The number of aryl methyl sites for hydroxylation is 1. The fourth-order valence-electron chi connectivity index (χ4n) is 2.83. The maximum absolute atomic E-state index is 12.4. The smallest absolute Gasteiger partial charge is 0.228 e. The molecule has 0 aliphatic carbocycles. The van der Waals surface area contributed by atoms with Crippen molar-refractivity contribution < 1.29 is 9.53 Å². The molecule has 0 aliphatic heterocycles. The van der Waals surface area contributed by atoms with E-state index in [1.165, 1.54) is 5.56 Å². The molecule has 0 saturated carbocycles. The highest BCUT2D eigenvalue weighted by Crippen LogP contribution is 2.31. The number of hydrogen-bond donors (Lipinski definition) is 1. The first-order valence-corrected chi connectivity index (χ1v) is 8.14. The van der Waals surface area contributed by atoms with Crippen LogP contribution >= 0.6 is 0 Å². The molecule has 0 aliphatic rings. The summed E-state index contributed by atoms with van der Waals surface area (Å²) in [7, 11) is 1.65. The first-order chi connectivity index (χ1) is 11.7. The van der Waals surface area contributed by atoms with Gasteiger partial charge >= 0.3 is 0 Å². The Labute approximate surface area is 142 Å². The third kappa shape index (κ3) is 3.40. The van der Waals surface area contributed by atoms with Gasteiger partial charge in [-0.05, 0) is 29.7 Å². The van der Waals surface area contributed by atoms with Gasteiger partial charge in [-0.25, -0.2) is 0 Å². The molecule has 0 spiro atoms. The third-order valence-corrected chi connectivity index (χ3v) is 4.17. The molecule has 0 saturated heterocycles. The van der Waals surface area contributed by atoms with Gasteiger partial charge in [0.2, 0.25) is 5.91 Å². The second-order valence-electron chi connectivity index (χ2n) is 5.76. The van der Waals surface area contributed by atoms with Crippen molar-refractivity contribution in [3.05, 3.63) is 71.8 Å². The number of fused-ring (bicyclic) bond motifs is 1. The van der Waals surface area contributed by atoms with Crippen LogP contribution in [0.2, 0.25) is 0 Å². The predicted octanol–water partition coefficient (Wildman–Crippen LogP) is 4.59. The van der Waals surface area contributed by atoms with Crippen LogP contribution < -0.4 is 10.1 Å². The van der Waals surface area contributed by atoms with Gasteiger partial charge in [-0.1, -0.05) is 55.5 Å². The molecule has 0 bridgehead atoms. The van der Waals surface area contributed by atoms with Crippen molar-refractivity contribution in [2.45, 2.75) is 19.8 Å². The predicted molar refractivity (Wildman–Crippen MR) is 98.7 cm³/mol. The number of amides is 1. The zero-order valence-corrected chi connectivity index (χ0v) is 14.0. The summed E-state index contributed by atoms with van der Waals surface area (Å²) in [6, 6.07) is 19.9. The highest BCUT2D eigenvalue weighted by Gasteiger charge is 2.09. The Morgan fingerprint density at radius 3 is 2.25 bits per heavy atom. The number of anilines is 1. The Bertz CT molecular complexity index is 853. The van der Waals surface area contributed by atoms with Gasteiger partial charge < -0.3 is 10.1 Å². The quantitative estimate of drug-likeness (QED) is 0.747. The monoisotopic (exact) mass is 319 g/mol. The molecule has 3 aromatic rings. The van der Waals surface area contributed by atoms with E-state index in [2.05, 4.69) is 24.4 Å². The first-order valence-electron chi connectivity index (χ1n) is 8.14. The van der Waals surface area contributed by atoms with Crippen LogP contribution in [0.4, 0.5) is 5.69 Å². The Morgan fingerprint density at radius 2 is 1.58 bits per heavy atom. The fourth-order valence-corrected chi connectivity index (χ4v) is 2.83. The molecule has 1 N–H and O–H groups in total. The van der Waals surface area contributed by atoms with Crippen LogP contribution in [0, 0.1) is 0 Å². The van der Waals surface area contributed by atoms with Crippen LogP contribution in [0.3, 0.4) is 0 Å². The van der Waals surface area contributed by atoms with Crippen molar-refractivity contribution in [2.24, 2.45) is 0 Å². The molecule has 0 fully saturated rings. The van der Waals surface area contributed by atoms with Gasteiger partial charge in [-0.15, -0.1) is 0 Å². The molecule has 0 radical (unpaired) electrons. The second kappa shape index (κ2) is 7.18. The van der Waals surface area contributed by atoms with E-state index in [9.17, 15) is 4.79 Å². The molecule has 1 amide bonds. The van der Waals surface area contributed by atoms with Gasteiger partial charge in [0.05, 0.1) is 13.5 Å². The van der Waals surface area contributed by atoms with E-state index in [0.29, 0.717) is 6.42 Å². The van der Waals surface area contributed by atoms with Gasteiger partial charge in [-0.3, -0.25) is 4.79 Å². The van der Waals surface area contributed by atoms with Gasteiger partial charge in [0.1, 0.15) is 5.75 Å². The minimum absolute atomic E-state index is 0.0189. The average Bonchev–Trinajstić information content (AvgIpc) is 2.62. The van der Waals surface area contributed by atoms with Crippen molar-refractivity contribution in [1.29, 1.82) is 0 Å². The number of methoxy groups -OCH3 is 1. The molecular formula is C21H21NO2. The molecule has 3 heteroatoms. The van der Waals surface area contributed by atoms with E-state index in [0.717, 1.165) is 34.2 Å². The van der Waals surface area contributed by atoms with E-state index in [1.807, 2.05) is 48.5 Å². The van der Waals surface area contributed by atoms with Gasteiger partial charge in [-0.2, -0.15) is 0 Å². The Morgan fingerprint density at radius 1 is 0.917 bits per heavy atom. The van der Waals surface area contributed by atoms with Crippen molar-refractivity contribution in [2.75, 3.05) is 12.4 Å². The van der Waals surface area contributed by atoms with Crippen LogP contribution in [-0.2, 0) is 17.6 Å². The second-order valence-corrected chi connectivity index (χ2v) is 5.76. The van der Waals surface area contributed by atoms with Crippen molar-refractivity contribution >= 4 is 22.4 Å². The summed E-state index contributed by atoms with van der Waals surface area (Å²) >= 11 is 0. The number of carbonyl (C=O) groups is 1. The lowest BCUT2D eigenvalue weighted by atomic mass is 10.1. The molecule has 122 valence electrons. The molecule has 0 heterocycles. The summed E-state index contributed by atoms with van der Waals surface area (Å²) in [6.07, 6.45) is 1.37. The zero-order valence-electron chi connectivity index (χ0n) is 14.0. The zero-order chi connectivity index (χ0) is 16.9. The first kappa shape index (κ1) is 16.1. The van der Waals surface area contributed by atoms with Crippen molar-refractivity contribution in [3.63, 3.8) is 0 Å². The average molecular weight is 319 g/mol. The van der Waals surface area contributed by atoms with E-state index in [1.54, 1.807) is 7.11 Å². The summed E-state index contributed by atoms with van der Waals surface area (Å²) in [5.74, 6) is 0.785. The number of nitrogens with one attached hydrogen (secondary N) is 1. The highest BCUT2D eigenvalue weighted by atomic mass is 16.5. The lowest BCUT2D eigenvalue weighted by Gasteiger charge is -2.12. The highest BCUT2D eigenvalue weighted by molar-refractivity contribution is 6.04. The molecule has 3 aromatic carbocycles. The van der Waals surface area contributed by atoms with E-state index >= 15 is 0 Å². The minimum atomic E-state index is -0.0189. The summed E-state index contributed by atoms with van der Waals surface area (Å²) < 4.78 is 5.39. The third-order valence-electron chi connectivity index (χ3n) is 4.17. The SMILES string of the molecule is CCc1ccc(CC(=O)Nc2ccc(OC)c3ccccc23)cc1. The molecule has 0 aromatic heterocycles. The summed E-state index contributed by atoms with van der Waals surface area (Å²) in [5.41, 5.74) is 3.10. The summed E-state index contributed by atoms with van der Waals surface area (Å²) in [5, 5.41) is 4.99. The normalized spacial score (nSPS) is 10.6.